The van der Waals surface area contributed by atoms with Gasteiger partial charge < -0.3 is 10.2 Å². The van der Waals surface area contributed by atoms with E-state index in [1.165, 1.54) is 6.42 Å². The van der Waals surface area contributed by atoms with Gasteiger partial charge in [-0.15, -0.1) is 0 Å². The summed E-state index contributed by atoms with van der Waals surface area (Å²) in [6, 6.07) is 5.59. The van der Waals surface area contributed by atoms with Crippen LogP contribution in [0.15, 0.2) is 24.4 Å². The third-order valence-electron chi connectivity index (χ3n) is 5.03. The van der Waals surface area contributed by atoms with Crippen molar-refractivity contribution in [2.75, 3.05) is 23.3 Å². The summed E-state index contributed by atoms with van der Waals surface area (Å²) in [7, 11) is 1.85. The Hall–Kier alpha value is -2.96. The number of nitrogens with one attached hydrogen (secondary N) is 1. The van der Waals surface area contributed by atoms with Gasteiger partial charge in [-0.05, 0) is 51.3 Å². The van der Waals surface area contributed by atoms with Gasteiger partial charge in [0.05, 0.1) is 22.3 Å². The molecule has 0 bridgehead atoms. The number of aryl methyl sites for hydroxylation is 3. The van der Waals surface area contributed by atoms with Gasteiger partial charge in [0.25, 0.3) is 5.91 Å². The molecule has 7 nitrogen and oxygen atoms in total. The van der Waals surface area contributed by atoms with Crippen LogP contribution in [-0.2, 0) is 7.05 Å². The van der Waals surface area contributed by atoms with Gasteiger partial charge in [0.1, 0.15) is 0 Å². The van der Waals surface area contributed by atoms with Gasteiger partial charge in [0.15, 0.2) is 11.5 Å². The van der Waals surface area contributed by atoms with Crippen LogP contribution in [0.25, 0.3) is 11.0 Å². The molecule has 1 aliphatic rings. The van der Waals surface area contributed by atoms with E-state index >= 15 is 0 Å². The summed E-state index contributed by atoms with van der Waals surface area (Å²) < 4.78 is 1.72. The summed E-state index contributed by atoms with van der Waals surface area (Å²) in [5.41, 5.74) is 3.65. The Morgan fingerprint density at radius 1 is 1.19 bits per heavy atom. The molecule has 0 radical (unpaired) electrons. The van der Waals surface area contributed by atoms with Crippen LogP contribution in [0.3, 0.4) is 0 Å². The molecule has 0 saturated carbocycles. The minimum Gasteiger partial charge on any atom is -0.355 e. The number of carbonyl (C=O) groups excluding carboxylic acids is 1. The predicted molar refractivity (Wildman–Crippen MR) is 106 cm³/mol. The standard InChI is InChI=1S/C20H24N6O/c1-13-12-15(17-14(2)24-25(3)19(17)22-13)20(27)23-16-8-7-9-21-18(16)26-10-5-4-6-11-26/h7-9,12H,4-6,10-11H2,1-3H3,(H,23,27). The van der Waals surface area contributed by atoms with Crippen molar-refractivity contribution < 1.29 is 4.79 Å². The van der Waals surface area contributed by atoms with Crippen LogP contribution in [0.4, 0.5) is 11.5 Å². The molecule has 7 heteroatoms. The molecule has 0 aliphatic carbocycles. The van der Waals surface area contributed by atoms with Crippen molar-refractivity contribution in [1.29, 1.82) is 0 Å². The van der Waals surface area contributed by atoms with Crippen LogP contribution in [0.1, 0.15) is 41.0 Å². The van der Waals surface area contributed by atoms with Crippen LogP contribution < -0.4 is 10.2 Å². The topological polar surface area (TPSA) is 75.9 Å². The molecule has 1 fully saturated rings. The number of carbonyl (C=O) groups is 1. The van der Waals surface area contributed by atoms with E-state index in [0.717, 1.165) is 59.9 Å². The summed E-state index contributed by atoms with van der Waals surface area (Å²) in [5, 5.41) is 8.29. The fraction of sp³-hybridized carbons (Fsp3) is 0.400. The lowest BCUT2D eigenvalue weighted by Crippen LogP contribution is -2.31. The quantitative estimate of drug-likeness (QED) is 0.772. The van der Waals surface area contributed by atoms with E-state index in [2.05, 4.69) is 25.3 Å². The molecular formula is C20H24N6O. The monoisotopic (exact) mass is 364 g/mol. The highest BCUT2D eigenvalue weighted by molar-refractivity contribution is 6.13. The maximum atomic E-state index is 13.2. The van der Waals surface area contributed by atoms with Crippen molar-refractivity contribution in [3.63, 3.8) is 0 Å². The Balaban J connectivity index is 1.71. The van der Waals surface area contributed by atoms with E-state index < -0.39 is 0 Å². The van der Waals surface area contributed by atoms with Crippen LogP contribution in [0, 0.1) is 13.8 Å². The number of anilines is 2. The third-order valence-corrected chi connectivity index (χ3v) is 5.03. The van der Waals surface area contributed by atoms with Crippen LogP contribution in [0.2, 0.25) is 0 Å². The third kappa shape index (κ3) is 3.25. The molecule has 3 aromatic rings. The van der Waals surface area contributed by atoms with Gasteiger partial charge >= 0.3 is 0 Å². The van der Waals surface area contributed by atoms with E-state index in [1.807, 2.05) is 39.1 Å². The summed E-state index contributed by atoms with van der Waals surface area (Å²) in [5.74, 6) is 0.684. The summed E-state index contributed by atoms with van der Waals surface area (Å²) in [6.45, 7) is 5.74. The number of amides is 1. The van der Waals surface area contributed by atoms with Crippen molar-refractivity contribution >= 4 is 28.4 Å². The van der Waals surface area contributed by atoms with Crippen LogP contribution >= 0.6 is 0 Å². The van der Waals surface area contributed by atoms with Crippen LogP contribution in [0.5, 0.6) is 0 Å². The maximum absolute atomic E-state index is 13.2. The fourth-order valence-electron chi connectivity index (χ4n) is 3.79. The summed E-state index contributed by atoms with van der Waals surface area (Å²) in [6.07, 6.45) is 5.34. The number of fused-ring (bicyclic) bond motifs is 1. The normalized spacial score (nSPS) is 14.6. The van der Waals surface area contributed by atoms with Crippen molar-refractivity contribution in [2.24, 2.45) is 7.05 Å². The van der Waals surface area contributed by atoms with Gasteiger partial charge in [-0.25, -0.2) is 9.97 Å². The minimum absolute atomic E-state index is 0.159. The average Bonchev–Trinajstić information content (AvgIpc) is 2.96. The molecule has 1 saturated heterocycles. The second-order valence-corrected chi connectivity index (χ2v) is 7.10. The zero-order valence-corrected chi connectivity index (χ0v) is 16.0. The summed E-state index contributed by atoms with van der Waals surface area (Å²) >= 11 is 0. The molecular weight excluding hydrogens is 340 g/mol. The second kappa shape index (κ2) is 6.98. The number of nitrogens with zero attached hydrogens (tertiary/aromatic N) is 5. The lowest BCUT2D eigenvalue weighted by Gasteiger charge is -2.29. The highest BCUT2D eigenvalue weighted by Gasteiger charge is 2.21. The Labute approximate surface area is 158 Å². The molecule has 0 atom stereocenters. The Bertz CT molecular complexity index is 1000. The first-order chi connectivity index (χ1) is 13.0. The SMILES string of the molecule is Cc1cc(C(=O)Nc2cccnc2N2CCCCC2)c2c(C)nn(C)c2n1. The number of hydrogen-bond acceptors (Lipinski definition) is 5. The first kappa shape index (κ1) is 17.5. The van der Waals surface area contributed by atoms with E-state index in [-0.39, 0.29) is 5.91 Å². The number of hydrogen-bond donors (Lipinski definition) is 1. The summed E-state index contributed by atoms with van der Waals surface area (Å²) in [4.78, 5) is 24.5. The van der Waals surface area contributed by atoms with E-state index in [9.17, 15) is 4.79 Å². The molecule has 1 aliphatic heterocycles. The number of pyridine rings is 2. The Morgan fingerprint density at radius 2 is 1.96 bits per heavy atom. The molecule has 0 spiro atoms. The van der Waals surface area contributed by atoms with Crippen LogP contribution in [-0.4, -0.2) is 38.7 Å². The number of piperidine rings is 1. The lowest BCUT2D eigenvalue weighted by molar-refractivity contribution is 0.102. The van der Waals surface area contributed by atoms with Crippen molar-refractivity contribution in [1.82, 2.24) is 19.7 Å². The van der Waals surface area contributed by atoms with Gasteiger partial charge in [-0.2, -0.15) is 5.10 Å². The number of aromatic nitrogens is 4. The van der Waals surface area contributed by atoms with Crippen molar-refractivity contribution in [2.45, 2.75) is 33.1 Å². The molecule has 4 rings (SSSR count). The van der Waals surface area contributed by atoms with Gasteiger partial charge in [0.2, 0.25) is 0 Å². The Kier molecular flexibility index (Phi) is 4.51. The molecule has 27 heavy (non-hydrogen) atoms. The molecule has 4 heterocycles. The average molecular weight is 364 g/mol. The fourth-order valence-corrected chi connectivity index (χ4v) is 3.79. The number of rotatable bonds is 3. The van der Waals surface area contributed by atoms with Crippen molar-refractivity contribution in [3.8, 4) is 0 Å². The van der Waals surface area contributed by atoms with Crippen molar-refractivity contribution in [3.05, 3.63) is 41.3 Å². The van der Waals surface area contributed by atoms with Gasteiger partial charge in [0, 0.05) is 32.0 Å². The molecule has 1 amide bonds. The van der Waals surface area contributed by atoms with Gasteiger partial charge in [-0.3, -0.25) is 9.48 Å². The highest BCUT2D eigenvalue weighted by atomic mass is 16.1. The van der Waals surface area contributed by atoms with E-state index in [1.54, 1.807) is 10.9 Å². The maximum Gasteiger partial charge on any atom is 0.256 e. The molecule has 3 aromatic heterocycles. The molecule has 0 unspecified atom stereocenters. The highest BCUT2D eigenvalue weighted by Crippen LogP contribution is 2.28. The lowest BCUT2D eigenvalue weighted by atomic mass is 10.1. The first-order valence-electron chi connectivity index (χ1n) is 9.37. The predicted octanol–water partition coefficient (Wildman–Crippen LogP) is 3.22. The molecule has 1 N–H and O–H groups in total. The molecule has 0 aromatic carbocycles. The second-order valence-electron chi connectivity index (χ2n) is 7.10. The largest absolute Gasteiger partial charge is 0.355 e. The molecule has 140 valence electrons. The van der Waals surface area contributed by atoms with E-state index in [4.69, 9.17) is 0 Å². The Morgan fingerprint density at radius 3 is 2.74 bits per heavy atom. The smallest absolute Gasteiger partial charge is 0.256 e. The zero-order valence-electron chi connectivity index (χ0n) is 16.0. The zero-order chi connectivity index (χ0) is 19.0. The first-order valence-corrected chi connectivity index (χ1v) is 9.37. The van der Waals surface area contributed by atoms with Gasteiger partial charge in [-0.1, -0.05) is 0 Å². The minimum atomic E-state index is -0.159. The van der Waals surface area contributed by atoms with E-state index in [0.29, 0.717) is 5.56 Å².